The molecule has 1 aromatic rings. The molecule has 0 amide bonds. The van der Waals surface area contributed by atoms with Crippen LogP contribution in [0.25, 0.3) is 0 Å². The largest absolute Gasteiger partial charge is 0.514 e. The van der Waals surface area contributed by atoms with Crippen LogP contribution in [0.15, 0.2) is 18.2 Å². The Balaban J connectivity index is 2.87. The van der Waals surface area contributed by atoms with Gasteiger partial charge in [-0.1, -0.05) is 46.1 Å². The van der Waals surface area contributed by atoms with Crippen LogP contribution in [0.1, 0.15) is 85.6 Å². The van der Waals surface area contributed by atoms with Gasteiger partial charge in [0, 0.05) is 0 Å². The molecule has 0 aliphatic rings. The Bertz CT molecular complexity index is 968. The molecule has 1 rings (SSSR count). The summed E-state index contributed by atoms with van der Waals surface area (Å²) < 4.78 is 36.2. The van der Waals surface area contributed by atoms with Crippen molar-refractivity contribution in [1.29, 1.82) is 0 Å². The maximum Gasteiger partial charge on any atom is 0.514 e. The molecule has 0 bridgehead atoms. The van der Waals surface area contributed by atoms with Crippen LogP contribution in [-0.2, 0) is 34.9 Å². The predicted molar refractivity (Wildman–Crippen MR) is 149 cm³/mol. The van der Waals surface area contributed by atoms with Gasteiger partial charge in [-0.25, -0.2) is 14.4 Å². The maximum absolute atomic E-state index is 12.5. The molecule has 0 spiro atoms. The normalized spacial score (nSPS) is 13.6. The molecule has 0 saturated carbocycles. The number of unbranched alkanes of at least 4 members (excludes halogenated alkanes) is 1. The lowest BCUT2D eigenvalue weighted by Crippen LogP contribution is -2.37. The molecule has 0 heterocycles. The predicted octanol–water partition coefficient (Wildman–Crippen LogP) is 5.85. The third-order valence-corrected chi connectivity index (χ3v) is 5.61. The van der Waals surface area contributed by atoms with Gasteiger partial charge in [0.1, 0.15) is 31.0 Å². The molecule has 232 valence electrons. The van der Waals surface area contributed by atoms with E-state index in [2.05, 4.69) is 0 Å². The number of hydrogen-bond donors (Lipinski definition) is 1. The molecule has 12 nitrogen and oxygen atoms in total. The molecule has 41 heavy (non-hydrogen) atoms. The van der Waals surface area contributed by atoms with Crippen molar-refractivity contribution in [2.45, 2.75) is 111 Å². The van der Waals surface area contributed by atoms with E-state index in [4.69, 9.17) is 38.9 Å². The first kappa shape index (κ1) is 35.5. The first-order chi connectivity index (χ1) is 19.5. The summed E-state index contributed by atoms with van der Waals surface area (Å²) >= 11 is 0. The Kier molecular flexibility index (Phi) is 16.9. The van der Waals surface area contributed by atoms with E-state index in [1.54, 1.807) is 26.8 Å². The van der Waals surface area contributed by atoms with Crippen LogP contribution in [0, 0.1) is 0 Å². The average Bonchev–Trinajstić information content (AvgIpc) is 2.89. The van der Waals surface area contributed by atoms with Crippen molar-refractivity contribution in [3.8, 4) is 11.5 Å². The lowest BCUT2D eigenvalue weighted by molar-refractivity contribution is -0.152. The van der Waals surface area contributed by atoms with E-state index in [9.17, 15) is 19.2 Å². The third kappa shape index (κ3) is 15.1. The molecule has 12 heteroatoms. The summed E-state index contributed by atoms with van der Waals surface area (Å²) in [5.41, 5.74) is 6.53. The van der Waals surface area contributed by atoms with Gasteiger partial charge in [-0.3, -0.25) is 4.79 Å². The summed E-state index contributed by atoms with van der Waals surface area (Å²) in [6, 6.07) is 3.28. The van der Waals surface area contributed by atoms with Gasteiger partial charge in [0.2, 0.25) is 0 Å². The Hall–Kier alpha value is -3.54. The van der Waals surface area contributed by atoms with E-state index in [1.165, 1.54) is 12.1 Å². The van der Waals surface area contributed by atoms with Gasteiger partial charge in [0.25, 0.3) is 0 Å². The lowest BCUT2D eigenvalue weighted by Gasteiger charge is -2.18. The molecule has 0 aliphatic carbocycles. The van der Waals surface area contributed by atoms with Crippen LogP contribution in [-0.4, -0.2) is 62.0 Å². The van der Waals surface area contributed by atoms with E-state index < -0.39 is 36.6 Å². The topological polar surface area (TPSA) is 159 Å². The van der Waals surface area contributed by atoms with Crippen molar-refractivity contribution >= 4 is 24.4 Å². The first-order valence-corrected chi connectivity index (χ1v) is 14.1. The highest BCUT2D eigenvalue weighted by molar-refractivity contribution is 5.76. The zero-order chi connectivity index (χ0) is 30.8. The maximum atomic E-state index is 12.5. The number of nitrogens with two attached hydrogens (primary N) is 1. The third-order valence-electron chi connectivity index (χ3n) is 5.61. The van der Waals surface area contributed by atoms with E-state index in [1.807, 2.05) is 20.8 Å². The second-order valence-electron chi connectivity index (χ2n) is 9.74. The summed E-state index contributed by atoms with van der Waals surface area (Å²) in [5, 5.41) is 0. The van der Waals surface area contributed by atoms with Crippen LogP contribution in [0.5, 0.6) is 11.5 Å². The van der Waals surface area contributed by atoms with Crippen LogP contribution in [0.2, 0.25) is 0 Å². The minimum atomic E-state index is -1.09. The van der Waals surface area contributed by atoms with Crippen LogP contribution < -0.4 is 15.2 Å². The van der Waals surface area contributed by atoms with E-state index in [-0.39, 0.29) is 43.3 Å². The molecular formula is C29H45NO11. The minimum Gasteiger partial charge on any atom is -0.458 e. The highest BCUT2D eigenvalue weighted by Crippen LogP contribution is 2.30. The second kappa shape index (κ2) is 19.5. The molecular weight excluding hydrogens is 538 g/mol. The Labute approximate surface area is 242 Å². The quantitative estimate of drug-likeness (QED) is 0.101. The van der Waals surface area contributed by atoms with Crippen LogP contribution in [0.4, 0.5) is 14.4 Å². The fourth-order valence-electron chi connectivity index (χ4n) is 3.51. The van der Waals surface area contributed by atoms with E-state index in [0.29, 0.717) is 18.4 Å². The summed E-state index contributed by atoms with van der Waals surface area (Å²) in [5.74, 6) is -0.917. The summed E-state index contributed by atoms with van der Waals surface area (Å²) in [7, 11) is 0. The van der Waals surface area contributed by atoms with Gasteiger partial charge in [-0.2, -0.15) is 0 Å². The number of hydrogen-bond acceptors (Lipinski definition) is 12. The highest BCUT2D eigenvalue weighted by atomic mass is 16.8. The minimum absolute atomic E-state index is 0.00136. The summed E-state index contributed by atoms with van der Waals surface area (Å²) in [6.45, 7) is 11.0. The molecule has 1 aromatic carbocycles. The Morgan fingerprint density at radius 2 is 1.32 bits per heavy atom. The van der Waals surface area contributed by atoms with Crippen molar-refractivity contribution in [3.05, 3.63) is 23.8 Å². The number of rotatable bonds is 17. The monoisotopic (exact) mass is 583 g/mol. The Morgan fingerprint density at radius 1 is 0.732 bits per heavy atom. The SMILES string of the molecule is CCCCOC(=O)OC[C@H](C)OC(=O)[C@@H](N)Cc1ccc(OC(=O)OC(C)CCC)c(OC(=O)OC(C)CCC)c1. The van der Waals surface area contributed by atoms with E-state index >= 15 is 0 Å². The smallest absolute Gasteiger partial charge is 0.458 e. The van der Waals surface area contributed by atoms with Gasteiger partial charge >= 0.3 is 24.4 Å². The average molecular weight is 584 g/mol. The Morgan fingerprint density at radius 3 is 1.88 bits per heavy atom. The van der Waals surface area contributed by atoms with Crippen LogP contribution in [0.3, 0.4) is 0 Å². The highest BCUT2D eigenvalue weighted by Gasteiger charge is 2.23. The van der Waals surface area contributed by atoms with Gasteiger partial charge in [0.05, 0.1) is 6.61 Å². The number of carbonyl (C=O) groups excluding carboxylic acids is 4. The lowest BCUT2D eigenvalue weighted by atomic mass is 10.1. The van der Waals surface area contributed by atoms with Crippen molar-refractivity contribution in [2.24, 2.45) is 5.73 Å². The summed E-state index contributed by atoms with van der Waals surface area (Å²) in [6.07, 6.45) is 0.227. The summed E-state index contributed by atoms with van der Waals surface area (Å²) in [4.78, 5) is 48.7. The number of carbonyl (C=O) groups is 4. The molecule has 4 atom stereocenters. The van der Waals surface area contributed by atoms with Gasteiger partial charge in [-0.15, -0.1) is 0 Å². The standard InChI is InChI=1S/C29H45NO11/c1-7-10-15-35-27(32)36-18-21(6)37-26(31)23(30)16-22-13-14-24(40-28(33)38-19(4)11-8-2)25(17-22)41-29(34)39-20(5)12-9-3/h13-14,17,19-21,23H,7-12,15-16,18,30H2,1-6H3/t19?,20?,21-,23-/m0/s1. The molecule has 0 aromatic heterocycles. The zero-order valence-corrected chi connectivity index (χ0v) is 25.0. The fraction of sp³-hybridized carbons (Fsp3) is 0.655. The molecule has 0 saturated heterocycles. The second-order valence-corrected chi connectivity index (χ2v) is 9.74. The van der Waals surface area contributed by atoms with Gasteiger partial charge in [-0.05, 0) is 64.2 Å². The fourth-order valence-corrected chi connectivity index (χ4v) is 3.51. The number of ether oxygens (including phenoxy) is 7. The molecule has 0 aliphatic heterocycles. The molecule has 2 N–H and O–H groups in total. The number of benzene rings is 1. The van der Waals surface area contributed by atoms with Crippen molar-refractivity contribution in [3.63, 3.8) is 0 Å². The van der Waals surface area contributed by atoms with Gasteiger partial charge in [0.15, 0.2) is 11.5 Å². The molecule has 2 unspecified atom stereocenters. The molecule has 0 fully saturated rings. The van der Waals surface area contributed by atoms with Crippen molar-refractivity contribution < 1.29 is 52.3 Å². The van der Waals surface area contributed by atoms with Gasteiger partial charge < -0.3 is 38.9 Å². The number of esters is 1. The van der Waals surface area contributed by atoms with Crippen molar-refractivity contribution in [1.82, 2.24) is 0 Å². The van der Waals surface area contributed by atoms with E-state index in [0.717, 1.165) is 25.7 Å². The molecule has 0 radical (unpaired) electrons. The zero-order valence-electron chi connectivity index (χ0n) is 25.0. The van der Waals surface area contributed by atoms with Crippen molar-refractivity contribution in [2.75, 3.05) is 13.2 Å². The first-order valence-electron chi connectivity index (χ1n) is 14.1. The van der Waals surface area contributed by atoms with Crippen LogP contribution >= 0.6 is 0 Å².